The summed E-state index contributed by atoms with van der Waals surface area (Å²) in [7, 11) is 8.96. The number of Topliss-reactive ketones (excluding diaryl/α,β-unsaturated/α-hetero) is 1. The lowest BCUT2D eigenvalue weighted by Crippen LogP contribution is -2.59. The first-order valence-corrected chi connectivity index (χ1v) is 23.2. The number of aliphatic hydroxyl groups is 1. The van der Waals surface area contributed by atoms with E-state index in [0.29, 0.717) is 48.9 Å². The van der Waals surface area contributed by atoms with Gasteiger partial charge in [-0.25, -0.2) is 4.39 Å². The lowest BCUT2D eigenvalue weighted by Gasteiger charge is -2.47. The largest absolute Gasteiger partial charge is 0.462 e. The van der Waals surface area contributed by atoms with Gasteiger partial charge in [0, 0.05) is 45.1 Å². The molecule has 1 aromatic rings. The maximum absolute atomic E-state index is 15.6. The maximum atomic E-state index is 15.6. The molecule has 3 heterocycles. The van der Waals surface area contributed by atoms with Gasteiger partial charge in [0.2, 0.25) is 0 Å². The quantitative estimate of drug-likeness (QED) is 0.243. The molecule has 19 atom stereocenters. The van der Waals surface area contributed by atoms with Crippen LogP contribution in [-0.4, -0.2) is 137 Å². The Hall–Kier alpha value is -2.53. The SMILES string of the molecule is CC[C@H]1CCC[C@H](O[C@H]2CC[C@H](N(C)C)C(C)O2)[C@@H](C)C(=O)C2=C[C@H]3[C@@H]4C[C@H](O[C@@H]5OC(C)[C@H](OC)C(OC)[C@@H]5OC)C[C@H]4[C@H](Nc4c(C)cccc4F)[C@@H](O)[C@H]3[C@@H]2CC(=O)O1. The predicted octanol–water partition coefficient (Wildman–Crippen LogP) is 6.22. The van der Waals surface area contributed by atoms with Gasteiger partial charge in [0.15, 0.2) is 18.4 Å². The van der Waals surface area contributed by atoms with E-state index in [1.165, 1.54) is 6.07 Å². The fourth-order valence-corrected chi connectivity index (χ4v) is 12.2. The highest BCUT2D eigenvalue weighted by atomic mass is 19.1. The lowest BCUT2D eigenvalue weighted by atomic mass is 9.62. The number of aryl methyl sites for hydroxylation is 1. The molecule has 2 saturated carbocycles. The number of carbonyl (C=O) groups is 2. The van der Waals surface area contributed by atoms with Crippen LogP contribution in [0, 0.1) is 48.2 Å². The van der Waals surface area contributed by atoms with Crippen LogP contribution in [0.1, 0.15) is 91.0 Å². The van der Waals surface area contributed by atoms with Crippen LogP contribution in [0.5, 0.6) is 0 Å². The van der Waals surface area contributed by atoms with E-state index in [9.17, 15) is 9.90 Å². The summed E-state index contributed by atoms with van der Waals surface area (Å²) < 4.78 is 65.7. The Morgan fingerprint density at radius 1 is 0.903 bits per heavy atom. The molecular weight excluding hydrogens is 800 g/mol. The fourth-order valence-electron chi connectivity index (χ4n) is 12.2. The van der Waals surface area contributed by atoms with Gasteiger partial charge >= 0.3 is 5.97 Å². The average molecular weight is 873 g/mol. The van der Waals surface area contributed by atoms with Crippen LogP contribution in [0.25, 0.3) is 0 Å². The zero-order valence-corrected chi connectivity index (χ0v) is 38.5. The summed E-state index contributed by atoms with van der Waals surface area (Å²) in [4.78, 5) is 31.2. The van der Waals surface area contributed by atoms with Crippen molar-refractivity contribution in [2.75, 3.05) is 40.7 Å². The second kappa shape index (κ2) is 20.3. The molecule has 3 aliphatic heterocycles. The minimum atomic E-state index is -1.05. The second-order valence-corrected chi connectivity index (χ2v) is 19.2. The molecule has 0 spiro atoms. The van der Waals surface area contributed by atoms with Crippen LogP contribution < -0.4 is 5.32 Å². The van der Waals surface area contributed by atoms with Gasteiger partial charge in [-0.2, -0.15) is 0 Å². The number of rotatable bonds is 11. The number of nitrogens with zero attached hydrogens (tertiary/aromatic N) is 1. The Morgan fingerprint density at radius 2 is 1.63 bits per heavy atom. The molecule has 1 aromatic carbocycles. The van der Waals surface area contributed by atoms with Gasteiger partial charge in [-0.3, -0.25) is 9.59 Å². The number of halogens is 1. The van der Waals surface area contributed by atoms with Gasteiger partial charge in [-0.15, -0.1) is 0 Å². The van der Waals surface area contributed by atoms with Gasteiger partial charge in [-0.05, 0) is 121 Å². The fraction of sp³-hybridized carbons (Fsp3) is 0.792. The number of para-hydroxylation sites is 1. The van der Waals surface area contributed by atoms with Crippen molar-refractivity contribution in [3.63, 3.8) is 0 Å². The van der Waals surface area contributed by atoms with Crippen molar-refractivity contribution in [1.82, 2.24) is 4.90 Å². The number of ketones is 1. The summed E-state index contributed by atoms with van der Waals surface area (Å²) >= 11 is 0. The van der Waals surface area contributed by atoms with Crippen LogP contribution in [0.3, 0.4) is 0 Å². The third-order valence-corrected chi connectivity index (χ3v) is 15.4. The summed E-state index contributed by atoms with van der Waals surface area (Å²) in [6.45, 7) is 9.79. The number of allylic oxidation sites excluding steroid dienone is 2. The summed E-state index contributed by atoms with van der Waals surface area (Å²) in [6, 6.07) is 4.58. The molecule has 3 saturated heterocycles. The number of ether oxygens (including phenoxy) is 8. The number of carbonyl (C=O) groups excluding carboxylic acids is 2. The van der Waals surface area contributed by atoms with E-state index in [2.05, 4.69) is 37.3 Å². The van der Waals surface area contributed by atoms with E-state index >= 15 is 9.18 Å². The van der Waals surface area contributed by atoms with E-state index in [4.69, 9.17) is 37.9 Å². The van der Waals surface area contributed by atoms with Gasteiger partial charge in [0.05, 0.1) is 48.7 Å². The van der Waals surface area contributed by atoms with Gasteiger partial charge in [0.25, 0.3) is 0 Å². The molecule has 3 aliphatic carbocycles. The minimum absolute atomic E-state index is 0.0320. The highest BCUT2D eigenvalue weighted by Crippen LogP contribution is 2.57. The number of benzene rings is 1. The van der Waals surface area contributed by atoms with E-state index < -0.39 is 66.6 Å². The molecule has 0 amide bonds. The van der Waals surface area contributed by atoms with Crippen LogP contribution >= 0.6 is 0 Å². The standard InChI is InChI=1S/C48H73FN2O11/c1-11-28-15-13-17-37(62-39-19-18-36(51(6)7)26(4)58-39)25(3)43(53)34-22-31-30-20-29(61-48-47(57-10)46(56-9)45(55-8)27(5)59-48)21-33(30)42(50-41-24(2)14-12-16-35(41)49)44(54)40(31)32(34)23-38(52)60-28/h12,14,16,22,25-33,36-37,39-40,42,44-48,50,54H,11,13,15,17-21,23H2,1-10H3/t25-,26?,27?,28+,29+,30+,31+,32-,33-,36+,37+,39+,40-,42+,44+,45+,46?,47+,48+/m1/s1. The smallest absolute Gasteiger partial charge is 0.306 e. The lowest BCUT2D eigenvalue weighted by molar-refractivity contribution is -0.314. The molecule has 6 aliphatic rings. The molecule has 0 radical (unpaired) electrons. The molecular formula is C48H73FN2O11. The Kier molecular flexibility index (Phi) is 15.6. The van der Waals surface area contributed by atoms with Crippen LogP contribution in [0.4, 0.5) is 10.1 Å². The van der Waals surface area contributed by atoms with E-state index in [0.717, 1.165) is 19.3 Å². The number of methoxy groups -OCH3 is 3. The highest BCUT2D eigenvalue weighted by Gasteiger charge is 2.60. The number of hydrogen-bond donors (Lipinski definition) is 2. The molecule has 14 heteroatoms. The Balaban J connectivity index is 1.22. The van der Waals surface area contributed by atoms with E-state index in [1.807, 2.05) is 33.8 Å². The molecule has 0 bridgehead atoms. The number of aliphatic hydroxyl groups excluding tert-OH is 1. The van der Waals surface area contributed by atoms with Gasteiger partial charge < -0.3 is 53.2 Å². The van der Waals surface area contributed by atoms with Crippen LogP contribution in [-0.2, 0) is 47.5 Å². The van der Waals surface area contributed by atoms with Crippen molar-refractivity contribution in [2.24, 2.45) is 35.5 Å². The molecule has 3 unspecified atom stereocenters. The van der Waals surface area contributed by atoms with Gasteiger partial charge in [-0.1, -0.05) is 32.1 Å². The van der Waals surface area contributed by atoms with Crippen molar-refractivity contribution in [1.29, 1.82) is 0 Å². The topological polar surface area (TPSA) is 143 Å². The zero-order valence-electron chi connectivity index (χ0n) is 38.5. The van der Waals surface area contributed by atoms with E-state index in [-0.39, 0.29) is 72.5 Å². The molecule has 5 fully saturated rings. The first-order valence-electron chi connectivity index (χ1n) is 23.2. The average Bonchev–Trinajstić information content (AvgIpc) is 3.82. The van der Waals surface area contributed by atoms with Crippen LogP contribution in [0.2, 0.25) is 0 Å². The number of likely N-dealkylation sites (N-methyl/N-ethyl adjacent to an activating group) is 1. The second-order valence-electron chi connectivity index (χ2n) is 19.2. The van der Waals surface area contributed by atoms with Crippen molar-refractivity contribution >= 4 is 17.4 Å². The Labute approximate surface area is 368 Å². The van der Waals surface area contributed by atoms with E-state index in [1.54, 1.807) is 27.4 Å². The zero-order chi connectivity index (χ0) is 44.6. The van der Waals surface area contributed by atoms with Crippen molar-refractivity contribution in [2.45, 2.75) is 172 Å². The highest BCUT2D eigenvalue weighted by molar-refractivity contribution is 5.99. The Morgan fingerprint density at radius 3 is 2.29 bits per heavy atom. The summed E-state index contributed by atoms with van der Waals surface area (Å²) in [6.07, 6.45) is 2.36. The van der Waals surface area contributed by atoms with Crippen molar-refractivity contribution in [3.8, 4) is 0 Å². The maximum Gasteiger partial charge on any atom is 0.306 e. The third kappa shape index (κ3) is 9.56. The Bertz CT molecular complexity index is 1710. The molecule has 2 N–H and O–H groups in total. The first-order chi connectivity index (χ1) is 29.7. The monoisotopic (exact) mass is 873 g/mol. The number of hydrogen-bond acceptors (Lipinski definition) is 13. The summed E-state index contributed by atoms with van der Waals surface area (Å²) in [5, 5.41) is 16.2. The summed E-state index contributed by atoms with van der Waals surface area (Å²) in [5.74, 6) is -3.09. The minimum Gasteiger partial charge on any atom is -0.462 e. The number of nitrogens with one attached hydrogen (secondary N) is 1. The van der Waals surface area contributed by atoms with Crippen molar-refractivity contribution in [3.05, 3.63) is 41.2 Å². The van der Waals surface area contributed by atoms with Gasteiger partial charge in [0.1, 0.15) is 30.2 Å². The summed E-state index contributed by atoms with van der Waals surface area (Å²) in [5.41, 5.74) is 1.58. The molecule has 13 nitrogen and oxygen atoms in total. The number of cyclic esters (lactones) is 1. The number of anilines is 1. The molecule has 62 heavy (non-hydrogen) atoms. The van der Waals surface area contributed by atoms with Crippen molar-refractivity contribution < 1.29 is 57.0 Å². The molecule has 0 aromatic heterocycles. The number of fused-ring (bicyclic) bond motifs is 5. The molecule has 7 rings (SSSR count). The third-order valence-electron chi connectivity index (χ3n) is 15.4. The molecule has 348 valence electrons. The number of esters is 1. The normalized spacial score (nSPS) is 42.9. The first kappa shape index (κ1) is 47.4. The van der Waals surface area contributed by atoms with Crippen LogP contribution in [0.15, 0.2) is 29.8 Å². The predicted molar refractivity (Wildman–Crippen MR) is 230 cm³/mol.